The molecule has 2 aromatic carbocycles. The Labute approximate surface area is 171 Å². The summed E-state index contributed by atoms with van der Waals surface area (Å²) in [5.74, 6) is 0.857. The van der Waals surface area contributed by atoms with Crippen LogP contribution < -0.4 is 20.3 Å². The summed E-state index contributed by atoms with van der Waals surface area (Å²) in [6.07, 6.45) is 2.55. The highest BCUT2D eigenvalue weighted by Gasteiger charge is 2.28. The van der Waals surface area contributed by atoms with Gasteiger partial charge in [-0.3, -0.25) is 0 Å². The Balaban J connectivity index is 1.56. The van der Waals surface area contributed by atoms with Crippen LogP contribution in [-0.4, -0.2) is 31.9 Å². The zero-order valence-electron chi connectivity index (χ0n) is 15.6. The van der Waals surface area contributed by atoms with Crippen LogP contribution in [0, 0.1) is 0 Å². The van der Waals surface area contributed by atoms with E-state index in [0.29, 0.717) is 17.7 Å². The number of ether oxygens (including phenoxy) is 1. The lowest BCUT2D eigenvalue weighted by Gasteiger charge is -2.26. The van der Waals surface area contributed by atoms with Crippen molar-refractivity contribution in [3.8, 4) is 5.75 Å². The molecule has 0 aromatic heterocycles. The number of likely N-dealkylation sites (tertiary alicyclic amines) is 1. The van der Waals surface area contributed by atoms with Crippen molar-refractivity contribution < 1.29 is 9.64 Å². The molecule has 0 spiro atoms. The predicted molar refractivity (Wildman–Crippen MR) is 115 cm³/mol. The molecule has 1 aliphatic heterocycles. The standard InChI is InChI=1S/C21H26ClN3OS/c1-26-17-10-8-16(9-11-17)14-23-21(27)24-15-20(25-12-4-5-13-25)18-6-2-3-7-19(18)22/h2-3,6-11,20H,4-5,12-15H2,1H3,(H2,23,24,27)/p+1/t20-/m1/s1. The fourth-order valence-corrected chi connectivity index (χ4v) is 4.02. The van der Waals surface area contributed by atoms with Gasteiger partial charge >= 0.3 is 0 Å². The molecule has 3 N–H and O–H groups in total. The van der Waals surface area contributed by atoms with Crippen molar-refractivity contribution in [2.45, 2.75) is 25.4 Å². The lowest BCUT2D eigenvalue weighted by molar-refractivity contribution is -0.918. The van der Waals surface area contributed by atoms with Crippen molar-refractivity contribution in [1.82, 2.24) is 10.6 Å². The van der Waals surface area contributed by atoms with Gasteiger partial charge in [0.25, 0.3) is 0 Å². The fourth-order valence-electron chi connectivity index (χ4n) is 3.59. The van der Waals surface area contributed by atoms with E-state index in [9.17, 15) is 0 Å². The quantitative estimate of drug-likeness (QED) is 0.620. The van der Waals surface area contributed by atoms with Crippen LogP contribution in [0.1, 0.15) is 30.0 Å². The minimum Gasteiger partial charge on any atom is -0.497 e. The van der Waals surface area contributed by atoms with Gasteiger partial charge in [0.1, 0.15) is 11.8 Å². The Morgan fingerprint density at radius 2 is 1.81 bits per heavy atom. The van der Waals surface area contributed by atoms with E-state index in [4.69, 9.17) is 28.6 Å². The van der Waals surface area contributed by atoms with Gasteiger partial charge in [-0.25, -0.2) is 0 Å². The van der Waals surface area contributed by atoms with Gasteiger partial charge < -0.3 is 20.3 Å². The first kappa shape index (κ1) is 19.9. The Kier molecular flexibility index (Phi) is 7.33. The lowest BCUT2D eigenvalue weighted by atomic mass is 10.1. The summed E-state index contributed by atoms with van der Waals surface area (Å²) < 4.78 is 5.19. The van der Waals surface area contributed by atoms with Gasteiger partial charge in [-0.15, -0.1) is 0 Å². The maximum atomic E-state index is 6.48. The molecule has 0 amide bonds. The van der Waals surface area contributed by atoms with E-state index in [1.807, 2.05) is 36.4 Å². The molecule has 1 aliphatic rings. The molecule has 27 heavy (non-hydrogen) atoms. The van der Waals surface area contributed by atoms with Crippen LogP contribution >= 0.6 is 23.8 Å². The first-order valence-electron chi connectivity index (χ1n) is 9.41. The Morgan fingerprint density at radius 1 is 1.11 bits per heavy atom. The van der Waals surface area contributed by atoms with Crippen LogP contribution in [0.5, 0.6) is 5.75 Å². The number of hydrogen-bond donors (Lipinski definition) is 3. The maximum absolute atomic E-state index is 6.48. The maximum Gasteiger partial charge on any atom is 0.166 e. The van der Waals surface area contributed by atoms with Crippen LogP contribution in [0.3, 0.4) is 0 Å². The highest BCUT2D eigenvalue weighted by atomic mass is 35.5. The van der Waals surface area contributed by atoms with E-state index in [0.717, 1.165) is 22.9 Å². The fraction of sp³-hybridized carbons (Fsp3) is 0.381. The molecular formula is C21H27ClN3OS+. The van der Waals surface area contributed by atoms with Crippen LogP contribution in [0.15, 0.2) is 48.5 Å². The van der Waals surface area contributed by atoms with Gasteiger partial charge in [0.15, 0.2) is 5.11 Å². The second-order valence-electron chi connectivity index (χ2n) is 6.85. The first-order valence-corrected chi connectivity index (χ1v) is 10.2. The first-order chi connectivity index (χ1) is 13.2. The van der Waals surface area contributed by atoms with Gasteiger partial charge in [-0.1, -0.05) is 41.9 Å². The summed E-state index contributed by atoms with van der Waals surface area (Å²) in [6, 6.07) is 16.4. The SMILES string of the molecule is COc1ccc(CNC(=S)NC[C@H](c2ccccc2Cl)[NH+]2CCCC2)cc1. The molecule has 0 aliphatic carbocycles. The normalized spacial score (nSPS) is 15.3. The zero-order chi connectivity index (χ0) is 19.1. The van der Waals surface area contributed by atoms with E-state index in [2.05, 4.69) is 22.8 Å². The van der Waals surface area contributed by atoms with E-state index in [1.165, 1.54) is 31.5 Å². The summed E-state index contributed by atoms with van der Waals surface area (Å²) in [5.41, 5.74) is 2.36. The molecule has 4 nitrogen and oxygen atoms in total. The number of rotatable bonds is 7. The van der Waals surface area contributed by atoms with Crippen LogP contribution in [0.25, 0.3) is 0 Å². The molecule has 3 rings (SSSR count). The van der Waals surface area contributed by atoms with Crippen LogP contribution in [0.4, 0.5) is 0 Å². The van der Waals surface area contributed by atoms with Crippen molar-refractivity contribution in [2.24, 2.45) is 0 Å². The summed E-state index contributed by atoms with van der Waals surface area (Å²) in [6.45, 7) is 3.82. The second kappa shape index (κ2) is 9.93. The van der Waals surface area contributed by atoms with E-state index in [-0.39, 0.29) is 0 Å². The highest BCUT2D eigenvalue weighted by molar-refractivity contribution is 7.80. The molecule has 2 aromatic rings. The van der Waals surface area contributed by atoms with Gasteiger partial charge in [-0.05, 0) is 36.0 Å². The molecule has 0 saturated carbocycles. The molecule has 0 bridgehead atoms. The third-order valence-corrected chi connectivity index (χ3v) is 5.73. The van der Waals surface area contributed by atoms with Crippen LogP contribution in [0.2, 0.25) is 5.02 Å². The van der Waals surface area contributed by atoms with Crippen molar-refractivity contribution in [2.75, 3.05) is 26.7 Å². The minimum absolute atomic E-state index is 0.307. The Morgan fingerprint density at radius 3 is 2.48 bits per heavy atom. The third-order valence-electron chi connectivity index (χ3n) is 5.10. The lowest BCUT2D eigenvalue weighted by Crippen LogP contribution is -3.11. The molecule has 0 radical (unpaired) electrons. The number of methoxy groups -OCH3 is 1. The number of halogens is 1. The summed E-state index contributed by atoms with van der Waals surface area (Å²) in [5, 5.41) is 8.18. The van der Waals surface area contributed by atoms with Gasteiger partial charge in [0.2, 0.25) is 0 Å². The second-order valence-corrected chi connectivity index (χ2v) is 7.67. The molecule has 6 heteroatoms. The van der Waals surface area contributed by atoms with Crippen molar-refractivity contribution in [3.63, 3.8) is 0 Å². The van der Waals surface area contributed by atoms with E-state index >= 15 is 0 Å². The highest BCUT2D eigenvalue weighted by Crippen LogP contribution is 2.21. The largest absolute Gasteiger partial charge is 0.497 e. The number of thiocarbonyl (C=S) groups is 1. The molecular weight excluding hydrogens is 378 g/mol. The number of hydrogen-bond acceptors (Lipinski definition) is 2. The summed E-state index contributed by atoms with van der Waals surface area (Å²) in [4.78, 5) is 1.58. The van der Waals surface area contributed by atoms with Gasteiger partial charge in [0, 0.05) is 30.0 Å². The van der Waals surface area contributed by atoms with Gasteiger partial charge in [-0.2, -0.15) is 0 Å². The zero-order valence-corrected chi connectivity index (χ0v) is 17.2. The van der Waals surface area contributed by atoms with Crippen molar-refractivity contribution in [1.29, 1.82) is 0 Å². The van der Waals surface area contributed by atoms with Crippen LogP contribution in [-0.2, 0) is 6.54 Å². The number of benzene rings is 2. The summed E-state index contributed by atoms with van der Waals surface area (Å²) >= 11 is 12.0. The molecule has 0 unspecified atom stereocenters. The smallest absolute Gasteiger partial charge is 0.166 e. The molecule has 144 valence electrons. The summed E-state index contributed by atoms with van der Waals surface area (Å²) in [7, 11) is 1.67. The average Bonchev–Trinajstić information content (AvgIpc) is 3.23. The third kappa shape index (κ3) is 5.58. The monoisotopic (exact) mass is 404 g/mol. The van der Waals surface area contributed by atoms with E-state index < -0.39 is 0 Å². The predicted octanol–water partition coefficient (Wildman–Crippen LogP) is 2.73. The molecule has 1 heterocycles. The van der Waals surface area contributed by atoms with Crippen molar-refractivity contribution >= 4 is 28.9 Å². The molecule has 1 fully saturated rings. The molecule has 1 saturated heterocycles. The van der Waals surface area contributed by atoms with Gasteiger partial charge in [0.05, 0.1) is 26.7 Å². The average molecular weight is 405 g/mol. The number of nitrogens with one attached hydrogen (secondary N) is 3. The minimum atomic E-state index is 0.307. The van der Waals surface area contributed by atoms with Crippen molar-refractivity contribution in [3.05, 3.63) is 64.7 Å². The topological polar surface area (TPSA) is 37.7 Å². The Hall–Kier alpha value is -1.82. The number of quaternary nitrogens is 1. The Bertz CT molecular complexity index is 747. The van der Waals surface area contributed by atoms with E-state index in [1.54, 1.807) is 12.0 Å². The molecule has 1 atom stereocenters.